The van der Waals surface area contributed by atoms with E-state index >= 15 is 0 Å². The zero-order chi connectivity index (χ0) is 31.1. The Morgan fingerprint density at radius 3 is 1.45 bits per heavy atom. The molecule has 0 aromatic rings. The van der Waals surface area contributed by atoms with E-state index in [-0.39, 0.29) is 5.78 Å². The number of carbonyl (C=O) groups is 1. The number of rotatable bonds is 17. The molecule has 0 aliphatic carbocycles. The fourth-order valence-corrected chi connectivity index (χ4v) is 29.0. The molecule has 1 unspecified atom stereocenters. The van der Waals surface area contributed by atoms with Gasteiger partial charge in [0, 0.05) is 19.8 Å². The van der Waals surface area contributed by atoms with Gasteiger partial charge in [-0.05, 0) is 98.5 Å². The third kappa shape index (κ3) is 28.0. The zero-order valence-corrected chi connectivity index (χ0v) is 34.0. The highest BCUT2D eigenvalue weighted by Crippen LogP contribution is 2.23. The Kier molecular flexibility index (Phi) is 21.3. The first-order valence-electron chi connectivity index (χ1n) is 13.8. The Hall–Kier alpha value is 0.471. The van der Waals surface area contributed by atoms with Crippen molar-refractivity contribution < 1.29 is 30.4 Å². The van der Waals surface area contributed by atoms with Gasteiger partial charge >= 0.3 is 25.7 Å². The first-order chi connectivity index (χ1) is 16.9. The largest absolute Gasteiger partial charge is 0.437 e. The smallest absolute Gasteiger partial charge is 0.333 e. The molecule has 0 saturated carbocycles. The van der Waals surface area contributed by atoms with Gasteiger partial charge in [0.05, 0.1) is 6.23 Å². The Morgan fingerprint density at radius 1 is 0.684 bits per heavy atom. The molecule has 0 fully saturated rings. The lowest BCUT2D eigenvalue weighted by atomic mass is 10.3. The molecule has 0 aromatic heterocycles. The quantitative estimate of drug-likeness (QED) is 0.0898. The molecule has 0 radical (unpaired) electrons. The molecule has 0 aliphatic rings. The number of ether oxygens (including phenoxy) is 1. The highest BCUT2D eigenvalue weighted by atomic mass is 28.5. The van der Waals surface area contributed by atoms with Crippen LogP contribution in [0.1, 0.15) is 33.1 Å². The number of hydrogen-bond donors (Lipinski definition) is 0. The van der Waals surface area contributed by atoms with Crippen LogP contribution in [-0.4, -0.2) is 76.4 Å². The molecule has 0 heterocycles. The van der Waals surface area contributed by atoms with Crippen LogP contribution in [0.3, 0.4) is 0 Å². The molecule has 0 saturated heterocycles. The van der Waals surface area contributed by atoms with Crippen LogP contribution in [-0.2, 0) is 30.4 Å². The number of carbonyl (C=O) groups excluding carboxylic acids is 1. The predicted octanol–water partition coefficient (Wildman–Crippen LogP) is 8.17. The molecule has 0 bridgehead atoms. The molecule has 0 aromatic carbocycles. The highest BCUT2D eigenvalue weighted by Gasteiger charge is 2.42. The third-order valence-corrected chi connectivity index (χ3v) is 24.0. The van der Waals surface area contributed by atoms with E-state index in [1.54, 1.807) is 14.0 Å². The molecule has 38 heavy (non-hydrogen) atoms. The first-order valence-corrected chi connectivity index (χ1v) is 31.9. The first kappa shape index (κ1) is 42.9. The van der Waals surface area contributed by atoms with E-state index in [1.807, 2.05) is 19.6 Å². The Morgan fingerprint density at radius 2 is 1.11 bits per heavy atom. The minimum absolute atomic E-state index is 0.110. The van der Waals surface area contributed by atoms with Gasteiger partial charge in [0.15, 0.2) is 16.6 Å². The molecule has 0 spiro atoms. The summed E-state index contributed by atoms with van der Waals surface area (Å²) < 4.78 is 36.1. The van der Waals surface area contributed by atoms with Gasteiger partial charge in [0.2, 0.25) is 8.32 Å². The van der Waals surface area contributed by atoms with E-state index in [9.17, 15) is 4.79 Å². The molecule has 7 nitrogen and oxygen atoms in total. The topological polar surface area (TPSA) is 72.5 Å². The lowest BCUT2D eigenvalue weighted by molar-refractivity contribution is -0.115. The molecule has 13 heteroatoms. The van der Waals surface area contributed by atoms with E-state index in [0.717, 1.165) is 19.3 Å². The van der Waals surface area contributed by atoms with Crippen molar-refractivity contribution in [2.75, 3.05) is 19.9 Å². The summed E-state index contributed by atoms with van der Waals surface area (Å²) in [6.45, 7) is 38.5. The van der Waals surface area contributed by atoms with Crippen molar-refractivity contribution in [1.82, 2.24) is 0 Å². The third-order valence-electron chi connectivity index (χ3n) is 4.43. The maximum atomic E-state index is 11.2. The van der Waals surface area contributed by atoms with Crippen molar-refractivity contribution in [2.24, 2.45) is 0 Å². The summed E-state index contributed by atoms with van der Waals surface area (Å²) in [6, 6.07) is 0.384. The molecule has 0 N–H and O–H groups in total. The van der Waals surface area contributed by atoms with Gasteiger partial charge in [-0.3, -0.25) is 0 Å². The molecule has 0 rings (SSSR count). The Labute approximate surface area is 243 Å². The number of hydrogen-bond acceptors (Lipinski definition) is 7. The fourth-order valence-electron chi connectivity index (χ4n) is 4.11. The standard InChI is InChI=1S/C13H34O3Si3.C10H26O4Si3.C2H4/c1-9-10-11-12-14-13-18(5,6)16-19(7,8)15-17(2,3)4;1-10(11)9-17(8,12-2)14-16(6,7)13-15(3,4)5;1-2/h9-13H2,1-8H3;9H2,1-8H3;1-2H2. The maximum absolute atomic E-state index is 11.2. The van der Waals surface area contributed by atoms with E-state index in [4.69, 9.17) is 25.6 Å². The average Bonchev–Trinajstić information content (AvgIpc) is 2.63. The Balaban J connectivity index is -0.000000608. The summed E-state index contributed by atoms with van der Waals surface area (Å²) in [4.78, 5) is 11.2. The van der Waals surface area contributed by atoms with Crippen molar-refractivity contribution in [2.45, 2.75) is 124 Å². The Bertz CT molecular complexity index is 649. The highest BCUT2D eigenvalue weighted by molar-refractivity contribution is 6.88. The lowest BCUT2D eigenvalue weighted by Crippen LogP contribution is -2.54. The van der Waals surface area contributed by atoms with Gasteiger partial charge in [-0.2, -0.15) is 0 Å². The minimum Gasteiger partial charge on any atom is -0.437 e. The van der Waals surface area contributed by atoms with Crippen LogP contribution in [0.15, 0.2) is 13.2 Å². The van der Waals surface area contributed by atoms with E-state index < -0.39 is 50.6 Å². The van der Waals surface area contributed by atoms with Crippen molar-refractivity contribution >= 4 is 56.4 Å². The van der Waals surface area contributed by atoms with Crippen LogP contribution in [0, 0.1) is 0 Å². The SMILES string of the molecule is C=C.CCCCCOC[Si](C)(C)O[Si](C)(C)O[Si](C)(C)C.CO[Si](C)(CC(C)=O)O[Si](C)(C)O[Si](C)(C)C. The number of unbranched alkanes of at least 4 members (excludes halogenated alkanes) is 2. The van der Waals surface area contributed by atoms with E-state index in [2.05, 4.69) is 85.6 Å². The second kappa shape index (κ2) is 18.8. The monoisotopic (exact) mass is 644 g/mol. The van der Waals surface area contributed by atoms with Gasteiger partial charge in [-0.25, -0.2) is 0 Å². The van der Waals surface area contributed by atoms with Gasteiger partial charge < -0.3 is 30.4 Å². The summed E-state index contributed by atoms with van der Waals surface area (Å²) in [5.74, 6) is 0.110. The normalized spacial score (nSPS) is 14.5. The van der Waals surface area contributed by atoms with Crippen LogP contribution in [0.2, 0.25) is 91.2 Å². The van der Waals surface area contributed by atoms with Gasteiger partial charge in [-0.1, -0.05) is 19.8 Å². The second-order valence-corrected chi connectivity index (χ2v) is 37.3. The molecular formula is C25H64O7Si6. The van der Waals surface area contributed by atoms with Crippen LogP contribution in [0.25, 0.3) is 0 Å². The predicted molar refractivity (Wildman–Crippen MR) is 179 cm³/mol. The van der Waals surface area contributed by atoms with Crippen LogP contribution < -0.4 is 0 Å². The van der Waals surface area contributed by atoms with Crippen molar-refractivity contribution in [3.63, 3.8) is 0 Å². The second-order valence-electron chi connectivity index (χ2n) is 13.2. The van der Waals surface area contributed by atoms with Crippen LogP contribution >= 0.6 is 0 Å². The van der Waals surface area contributed by atoms with Crippen LogP contribution in [0.4, 0.5) is 0 Å². The van der Waals surface area contributed by atoms with Gasteiger partial charge in [0.1, 0.15) is 5.78 Å². The summed E-state index contributed by atoms with van der Waals surface area (Å²) in [5.41, 5.74) is 0. The van der Waals surface area contributed by atoms with Gasteiger partial charge in [-0.15, -0.1) is 13.2 Å². The summed E-state index contributed by atoms with van der Waals surface area (Å²) in [7, 11) is -9.93. The molecule has 230 valence electrons. The summed E-state index contributed by atoms with van der Waals surface area (Å²) >= 11 is 0. The fraction of sp³-hybridized carbons (Fsp3) is 0.880. The maximum Gasteiger partial charge on any atom is 0.333 e. The molecule has 1 atom stereocenters. The van der Waals surface area contributed by atoms with E-state index in [0.29, 0.717) is 6.04 Å². The number of ketones is 1. The van der Waals surface area contributed by atoms with Crippen LogP contribution in [0.5, 0.6) is 0 Å². The summed E-state index contributed by atoms with van der Waals surface area (Å²) in [5, 5.41) is 0. The molecular weight excluding hydrogens is 581 g/mol. The minimum atomic E-state index is -2.41. The zero-order valence-electron chi connectivity index (χ0n) is 28.0. The van der Waals surface area contributed by atoms with Gasteiger partial charge in [0.25, 0.3) is 0 Å². The molecule has 0 amide bonds. The number of Topliss-reactive ketones (excluding diaryl/α,β-unsaturated/α-hetero) is 1. The summed E-state index contributed by atoms with van der Waals surface area (Å²) in [6.07, 6.45) is 4.43. The molecule has 0 aliphatic heterocycles. The average molecular weight is 645 g/mol. The van der Waals surface area contributed by atoms with Crippen molar-refractivity contribution in [1.29, 1.82) is 0 Å². The van der Waals surface area contributed by atoms with Crippen molar-refractivity contribution in [3.05, 3.63) is 13.2 Å². The lowest BCUT2D eigenvalue weighted by Gasteiger charge is -2.37. The van der Waals surface area contributed by atoms with E-state index in [1.165, 1.54) is 12.8 Å². The van der Waals surface area contributed by atoms with Crippen molar-refractivity contribution in [3.8, 4) is 0 Å².